The third kappa shape index (κ3) is 1.75. The molecular formula is C11H7N5O3. The molecule has 8 heteroatoms. The van der Waals surface area contributed by atoms with E-state index in [4.69, 9.17) is 0 Å². The summed E-state index contributed by atoms with van der Waals surface area (Å²) in [7, 11) is 0. The predicted molar refractivity (Wildman–Crippen MR) is 64.9 cm³/mol. The molecule has 94 valence electrons. The van der Waals surface area contributed by atoms with Gasteiger partial charge in [0.05, 0.1) is 5.56 Å². The van der Waals surface area contributed by atoms with E-state index in [1.165, 1.54) is 18.7 Å². The quantitative estimate of drug-likeness (QED) is 0.609. The van der Waals surface area contributed by atoms with Gasteiger partial charge in [0.25, 0.3) is 11.5 Å². The highest BCUT2D eigenvalue weighted by Gasteiger charge is 2.15. The Morgan fingerprint density at radius 1 is 1.26 bits per heavy atom. The predicted octanol–water partition coefficient (Wildman–Crippen LogP) is -0.504. The number of aromatic amines is 2. The Kier molecular flexibility index (Phi) is 2.34. The molecule has 3 rings (SSSR count). The van der Waals surface area contributed by atoms with Crippen LogP contribution in [0.4, 0.5) is 0 Å². The Hall–Kier alpha value is -3.03. The second-order valence-corrected chi connectivity index (χ2v) is 3.77. The number of pyridine rings is 1. The third-order valence-corrected chi connectivity index (χ3v) is 2.57. The van der Waals surface area contributed by atoms with E-state index in [9.17, 15) is 14.4 Å². The van der Waals surface area contributed by atoms with Crippen molar-refractivity contribution in [3.63, 3.8) is 0 Å². The van der Waals surface area contributed by atoms with Gasteiger partial charge in [-0.25, -0.2) is 14.3 Å². The molecule has 0 amide bonds. The molecule has 0 fully saturated rings. The summed E-state index contributed by atoms with van der Waals surface area (Å²) in [5.74, 6) is -0.433. The van der Waals surface area contributed by atoms with Crippen LogP contribution >= 0.6 is 0 Å². The van der Waals surface area contributed by atoms with Gasteiger partial charge >= 0.3 is 5.69 Å². The van der Waals surface area contributed by atoms with Crippen LogP contribution in [0.5, 0.6) is 0 Å². The first-order chi connectivity index (χ1) is 9.16. The molecule has 2 N–H and O–H groups in total. The van der Waals surface area contributed by atoms with Gasteiger partial charge in [0, 0.05) is 12.4 Å². The van der Waals surface area contributed by atoms with Crippen LogP contribution in [0.3, 0.4) is 0 Å². The largest absolute Gasteiger partial charge is 0.327 e. The number of rotatable bonds is 1. The molecular weight excluding hydrogens is 250 g/mol. The lowest BCUT2D eigenvalue weighted by molar-refractivity contribution is 0.0963. The van der Waals surface area contributed by atoms with Crippen LogP contribution in [-0.4, -0.2) is 30.4 Å². The molecule has 0 bridgehead atoms. The Labute approximate surface area is 104 Å². The summed E-state index contributed by atoms with van der Waals surface area (Å²) in [4.78, 5) is 47.0. The number of carbonyl (C=O) groups is 1. The smallest absolute Gasteiger partial charge is 0.291 e. The standard InChI is InChI=1S/C11H7N5O3/c17-9-7-8(14-11(19)15-9)16(5-13-7)10(18)6-2-1-3-12-4-6/h1-5H,(H2,14,15,17,19). The monoisotopic (exact) mass is 257 g/mol. The Morgan fingerprint density at radius 2 is 2.11 bits per heavy atom. The Morgan fingerprint density at radius 3 is 2.84 bits per heavy atom. The van der Waals surface area contributed by atoms with Crippen molar-refractivity contribution in [1.29, 1.82) is 0 Å². The van der Waals surface area contributed by atoms with E-state index >= 15 is 0 Å². The van der Waals surface area contributed by atoms with Crippen LogP contribution in [0.15, 0.2) is 40.4 Å². The van der Waals surface area contributed by atoms with Gasteiger partial charge in [-0.05, 0) is 12.1 Å². The third-order valence-electron chi connectivity index (χ3n) is 2.57. The van der Waals surface area contributed by atoms with E-state index in [0.717, 1.165) is 4.57 Å². The number of nitrogens with one attached hydrogen (secondary N) is 2. The average Bonchev–Trinajstić information content (AvgIpc) is 2.83. The van der Waals surface area contributed by atoms with E-state index < -0.39 is 17.2 Å². The number of hydrogen-bond acceptors (Lipinski definition) is 5. The van der Waals surface area contributed by atoms with E-state index in [2.05, 4.69) is 15.0 Å². The van der Waals surface area contributed by atoms with Gasteiger partial charge in [0.2, 0.25) is 0 Å². The summed E-state index contributed by atoms with van der Waals surface area (Å²) >= 11 is 0. The number of imidazole rings is 1. The lowest BCUT2D eigenvalue weighted by atomic mass is 10.3. The highest BCUT2D eigenvalue weighted by atomic mass is 16.2. The lowest BCUT2D eigenvalue weighted by Gasteiger charge is -2.01. The maximum Gasteiger partial charge on any atom is 0.327 e. The number of H-pyrrole nitrogens is 2. The molecule has 0 aliphatic rings. The highest BCUT2D eigenvalue weighted by molar-refractivity contribution is 5.99. The molecule has 0 saturated carbocycles. The fourth-order valence-electron chi connectivity index (χ4n) is 1.72. The fraction of sp³-hybridized carbons (Fsp3) is 0. The normalized spacial score (nSPS) is 10.7. The van der Waals surface area contributed by atoms with Crippen molar-refractivity contribution < 1.29 is 4.79 Å². The molecule has 0 spiro atoms. The van der Waals surface area contributed by atoms with Gasteiger partial charge in [-0.15, -0.1) is 0 Å². The summed E-state index contributed by atoms with van der Waals surface area (Å²) < 4.78 is 1.10. The number of aromatic nitrogens is 5. The summed E-state index contributed by atoms with van der Waals surface area (Å²) in [5, 5.41) is 0. The van der Waals surface area contributed by atoms with E-state index in [-0.39, 0.29) is 11.2 Å². The first-order valence-corrected chi connectivity index (χ1v) is 5.31. The zero-order chi connectivity index (χ0) is 13.4. The van der Waals surface area contributed by atoms with Crippen molar-refractivity contribution in [1.82, 2.24) is 24.5 Å². The number of fused-ring (bicyclic) bond motifs is 1. The molecule has 0 atom stereocenters. The number of carbonyl (C=O) groups excluding carboxylic acids is 1. The van der Waals surface area contributed by atoms with Crippen molar-refractivity contribution in [2.24, 2.45) is 0 Å². The summed E-state index contributed by atoms with van der Waals surface area (Å²) in [6.07, 6.45) is 4.11. The maximum atomic E-state index is 12.2. The van der Waals surface area contributed by atoms with E-state index in [1.54, 1.807) is 12.1 Å². The first kappa shape index (κ1) is 11.1. The molecule has 0 radical (unpaired) electrons. The van der Waals surface area contributed by atoms with Crippen LogP contribution in [0.1, 0.15) is 10.4 Å². The minimum absolute atomic E-state index is 0.00293. The van der Waals surface area contributed by atoms with E-state index in [0.29, 0.717) is 5.56 Å². The summed E-state index contributed by atoms with van der Waals surface area (Å²) in [6.45, 7) is 0. The van der Waals surface area contributed by atoms with Gasteiger partial charge in [-0.2, -0.15) is 0 Å². The van der Waals surface area contributed by atoms with Gasteiger partial charge in [-0.1, -0.05) is 0 Å². The maximum absolute atomic E-state index is 12.2. The Bertz CT molecular complexity index is 874. The van der Waals surface area contributed by atoms with Gasteiger partial charge in [0.15, 0.2) is 11.2 Å². The van der Waals surface area contributed by atoms with Crippen molar-refractivity contribution in [2.45, 2.75) is 0 Å². The number of nitrogens with zero attached hydrogens (tertiary/aromatic N) is 3. The molecule has 0 aliphatic carbocycles. The van der Waals surface area contributed by atoms with Gasteiger partial charge in [-0.3, -0.25) is 24.5 Å². The first-order valence-electron chi connectivity index (χ1n) is 5.31. The van der Waals surface area contributed by atoms with Gasteiger partial charge in [0.1, 0.15) is 6.33 Å². The molecule has 0 saturated heterocycles. The van der Waals surface area contributed by atoms with Crippen molar-refractivity contribution in [3.8, 4) is 0 Å². The van der Waals surface area contributed by atoms with Crippen LogP contribution in [0.2, 0.25) is 0 Å². The zero-order valence-electron chi connectivity index (χ0n) is 9.45. The summed E-state index contributed by atoms with van der Waals surface area (Å²) in [6, 6.07) is 3.19. The second-order valence-electron chi connectivity index (χ2n) is 3.77. The lowest BCUT2D eigenvalue weighted by Crippen LogP contribution is -2.23. The van der Waals surface area contributed by atoms with Crippen LogP contribution < -0.4 is 11.2 Å². The molecule has 19 heavy (non-hydrogen) atoms. The molecule has 3 aromatic heterocycles. The Balaban J connectivity index is 2.25. The van der Waals surface area contributed by atoms with Crippen molar-refractivity contribution >= 4 is 17.1 Å². The molecule has 3 aromatic rings. The number of hydrogen-bond donors (Lipinski definition) is 2. The summed E-state index contributed by atoms with van der Waals surface area (Å²) in [5.41, 5.74) is -0.961. The van der Waals surface area contributed by atoms with Crippen LogP contribution in [0, 0.1) is 0 Å². The van der Waals surface area contributed by atoms with Gasteiger partial charge < -0.3 is 0 Å². The minimum Gasteiger partial charge on any atom is -0.291 e. The van der Waals surface area contributed by atoms with Crippen molar-refractivity contribution in [3.05, 3.63) is 57.3 Å². The minimum atomic E-state index is -0.696. The topological polar surface area (TPSA) is 113 Å². The van der Waals surface area contributed by atoms with E-state index in [1.807, 2.05) is 4.98 Å². The fourth-order valence-corrected chi connectivity index (χ4v) is 1.72. The van der Waals surface area contributed by atoms with Crippen LogP contribution in [-0.2, 0) is 0 Å². The second kappa shape index (κ2) is 4.02. The SMILES string of the molecule is O=C(c1cccnc1)n1cnc2c(=O)[nH]c(=O)[nH]c21. The molecule has 8 nitrogen and oxygen atoms in total. The van der Waals surface area contributed by atoms with Crippen molar-refractivity contribution in [2.75, 3.05) is 0 Å². The zero-order valence-corrected chi connectivity index (χ0v) is 9.45. The molecule has 0 unspecified atom stereocenters. The molecule has 0 aromatic carbocycles. The highest BCUT2D eigenvalue weighted by Crippen LogP contribution is 2.07. The molecule has 0 aliphatic heterocycles. The molecule has 3 heterocycles. The average molecular weight is 257 g/mol. The van der Waals surface area contributed by atoms with Crippen LogP contribution in [0.25, 0.3) is 11.2 Å².